The summed E-state index contributed by atoms with van der Waals surface area (Å²) in [5.74, 6) is 0.0839. The number of aromatic nitrogens is 3. The van der Waals surface area contributed by atoms with Gasteiger partial charge in [0, 0.05) is 26.2 Å². The van der Waals surface area contributed by atoms with Crippen molar-refractivity contribution in [1.29, 1.82) is 0 Å². The lowest BCUT2D eigenvalue weighted by Gasteiger charge is -2.27. The zero-order valence-corrected chi connectivity index (χ0v) is 18.1. The fraction of sp³-hybridized carbons (Fsp3) is 0.304. The van der Waals surface area contributed by atoms with Crippen molar-refractivity contribution < 1.29 is 14.3 Å². The van der Waals surface area contributed by atoms with Crippen molar-refractivity contribution in [3.8, 4) is 5.75 Å². The van der Waals surface area contributed by atoms with Crippen LogP contribution in [0.3, 0.4) is 0 Å². The first kappa shape index (κ1) is 21.4. The number of aryl methyl sites for hydroxylation is 1. The second kappa shape index (κ2) is 9.09. The lowest BCUT2D eigenvalue weighted by Crippen LogP contribution is -2.42. The maximum absolute atomic E-state index is 12.9. The number of methoxy groups -OCH3 is 1. The second-order valence-corrected chi connectivity index (χ2v) is 7.70. The van der Waals surface area contributed by atoms with Gasteiger partial charge in [-0.2, -0.15) is 0 Å². The molecule has 0 fully saturated rings. The number of carbonyl (C=O) groups excluding carboxylic acids is 2. The second-order valence-electron chi connectivity index (χ2n) is 7.70. The largest absolute Gasteiger partial charge is 0.497 e. The first-order valence-electron chi connectivity index (χ1n) is 10.4. The SMILES string of the molecule is COc1cccc(CNC(=O)Cn2nc3n(c2=O)CCN(Cc2ccccc2C)C3=O)c1. The highest BCUT2D eigenvalue weighted by Crippen LogP contribution is 2.15. The highest BCUT2D eigenvalue weighted by molar-refractivity contribution is 5.91. The Labute approximate surface area is 185 Å². The van der Waals surface area contributed by atoms with Crippen LogP contribution in [0.15, 0.2) is 53.3 Å². The van der Waals surface area contributed by atoms with Gasteiger partial charge in [0.05, 0.1) is 7.11 Å². The van der Waals surface area contributed by atoms with Crippen molar-refractivity contribution in [2.45, 2.75) is 33.1 Å². The summed E-state index contributed by atoms with van der Waals surface area (Å²) < 4.78 is 7.56. The number of carbonyl (C=O) groups is 2. The molecule has 4 rings (SSSR count). The molecular formula is C23H25N5O4. The summed E-state index contributed by atoms with van der Waals surface area (Å²) in [4.78, 5) is 39.7. The molecule has 2 heterocycles. The summed E-state index contributed by atoms with van der Waals surface area (Å²) in [6, 6.07) is 15.2. The quantitative estimate of drug-likeness (QED) is 0.604. The number of benzene rings is 2. The number of hydrogen-bond acceptors (Lipinski definition) is 5. The summed E-state index contributed by atoms with van der Waals surface area (Å²) in [6.45, 7) is 3.24. The Morgan fingerprint density at radius 1 is 1.12 bits per heavy atom. The summed E-state index contributed by atoms with van der Waals surface area (Å²) >= 11 is 0. The Kier molecular flexibility index (Phi) is 6.07. The minimum absolute atomic E-state index is 0.0652. The van der Waals surface area contributed by atoms with Crippen molar-refractivity contribution in [2.75, 3.05) is 13.7 Å². The van der Waals surface area contributed by atoms with Crippen LogP contribution in [0.25, 0.3) is 0 Å². The molecule has 3 aromatic rings. The van der Waals surface area contributed by atoms with E-state index in [1.54, 1.807) is 12.0 Å². The van der Waals surface area contributed by atoms with E-state index in [9.17, 15) is 14.4 Å². The summed E-state index contributed by atoms with van der Waals surface area (Å²) in [6.07, 6.45) is 0. The summed E-state index contributed by atoms with van der Waals surface area (Å²) in [5, 5.41) is 6.93. The molecule has 0 spiro atoms. The van der Waals surface area contributed by atoms with Crippen molar-refractivity contribution >= 4 is 11.8 Å². The van der Waals surface area contributed by atoms with Crippen LogP contribution in [-0.2, 0) is 31.0 Å². The van der Waals surface area contributed by atoms with Gasteiger partial charge in [-0.3, -0.25) is 14.2 Å². The molecule has 1 N–H and O–H groups in total. The smallest absolute Gasteiger partial charge is 0.346 e. The van der Waals surface area contributed by atoms with Crippen molar-refractivity contribution in [3.05, 3.63) is 81.5 Å². The molecule has 0 bridgehead atoms. The molecule has 0 aliphatic carbocycles. The van der Waals surface area contributed by atoms with E-state index in [1.165, 1.54) is 4.57 Å². The zero-order chi connectivity index (χ0) is 22.7. The molecule has 2 aromatic carbocycles. The topological polar surface area (TPSA) is 98.5 Å². The van der Waals surface area contributed by atoms with E-state index in [0.29, 0.717) is 31.9 Å². The minimum Gasteiger partial charge on any atom is -0.497 e. The van der Waals surface area contributed by atoms with Gasteiger partial charge in [-0.15, -0.1) is 5.10 Å². The first-order valence-corrected chi connectivity index (χ1v) is 10.4. The van der Waals surface area contributed by atoms with Gasteiger partial charge in [0.2, 0.25) is 11.7 Å². The molecule has 2 amide bonds. The predicted molar refractivity (Wildman–Crippen MR) is 117 cm³/mol. The fourth-order valence-corrected chi connectivity index (χ4v) is 3.69. The molecule has 0 radical (unpaired) electrons. The van der Waals surface area contributed by atoms with E-state index in [1.807, 2.05) is 55.5 Å². The average Bonchev–Trinajstić information content (AvgIpc) is 3.11. The number of fused-ring (bicyclic) bond motifs is 1. The van der Waals surface area contributed by atoms with Crippen molar-refractivity contribution in [3.63, 3.8) is 0 Å². The van der Waals surface area contributed by atoms with Crippen LogP contribution < -0.4 is 15.7 Å². The third-order valence-corrected chi connectivity index (χ3v) is 5.53. The molecule has 1 aromatic heterocycles. The molecule has 9 nitrogen and oxygen atoms in total. The molecule has 166 valence electrons. The molecule has 0 saturated heterocycles. The van der Waals surface area contributed by atoms with E-state index >= 15 is 0 Å². The van der Waals surface area contributed by atoms with E-state index in [2.05, 4.69) is 10.4 Å². The lowest BCUT2D eigenvalue weighted by atomic mass is 10.1. The predicted octanol–water partition coefficient (Wildman–Crippen LogP) is 1.33. The standard InChI is InChI=1S/C23H25N5O4/c1-16-6-3-4-8-18(16)14-26-10-11-27-21(22(26)30)25-28(23(27)31)15-20(29)24-13-17-7-5-9-19(12-17)32-2/h3-9,12H,10-11,13-15H2,1-2H3,(H,24,29). The highest BCUT2D eigenvalue weighted by atomic mass is 16.5. The summed E-state index contributed by atoms with van der Waals surface area (Å²) in [7, 11) is 1.58. The maximum Gasteiger partial charge on any atom is 0.346 e. The average molecular weight is 435 g/mol. The molecular weight excluding hydrogens is 410 g/mol. The molecule has 0 atom stereocenters. The van der Waals surface area contributed by atoms with Gasteiger partial charge < -0.3 is 15.0 Å². The third kappa shape index (κ3) is 4.41. The highest BCUT2D eigenvalue weighted by Gasteiger charge is 2.30. The van der Waals surface area contributed by atoms with Crippen LogP contribution in [0.5, 0.6) is 5.75 Å². The Morgan fingerprint density at radius 2 is 1.94 bits per heavy atom. The van der Waals surface area contributed by atoms with E-state index in [0.717, 1.165) is 21.4 Å². The molecule has 32 heavy (non-hydrogen) atoms. The van der Waals surface area contributed by atoms with Gasteiger partial charge in [-0.05, 0) is 35.7 Å². The van der Waals surface area contributed by atoms with Gasteiger partial charge in [0.1, 0.15) is 12.3 Å². The summed E-state index contributed by atoms with van der Waals surface area (Å²) in [5.41, 5.74) is 2.56. The minimum atomic E-state index is -0.458. The number of amides is 2. The molecule has 1 aliphatic rings. The Balaban J connectivity index is 1.43. The number of rotatable bonds is 7. The third-order valence-electron chi connectivity index (χ3n) is 5.53. The van der Waals surface area contributed by atoms with Crippen LogP contribution >= 0.6 is 0 Å². The van der Waals surface area contributed by atoms with E-state index < -0.39 is 5.69 Å². The molecule has 0 saturated carbocycles. The van der Waals surface area contributed by atoms with Gasteiger partial charge in [-0.1, -0.05) is 36.4 Å². The van der Waals surface area contributed by atoms with Crippen molar-refractivity contribution in [2.24, 2.45) is 0 Å². The Hall–Kier alpha value is -3.88. The number of nitrogens with zero attached hydrogens (tertiary/aromatic N) is 4. The van der Waals surface area contributed by atoms with Crippen LogP contribution in [-0.4, -0.2) is 44.7 Å². The normalized spacial score (nSPS) is 13.1. The van der Waals surface area contributed by atoms with Crippen molar-refractivity contribution in [1.82, 2.24) is 24.6 Å². The monoisotopic (exact) mass is 435 g/mol. The Morgan fingerprint density at radius 3 is 2.72 bits per heavy atom. The first-order chi connectivity index (χ1) is 15.5. The lowest BCUT2D eigenvalue weighted by molar-refractivity contribution is -0.122. The van der Waals surface area contributed by atoms with E-state index in [-0.39, 0.29) is 24.2 Å². The number of hydrogen-bond donors (Lipinski definition) is 1. The van der Waals surface area contributed by atoms with Gasteiger partial charge in [-0.25, -0.2) is 9.48 Å². The fourth-order valence-electron chi connectivity index (χ4n) is 3.69. The molecule has 1 aliphatic heterocycles. The maximum atomic E-state index is 12.9. The van der Waals surface area contributed by atoms with Crippen LogP contribution in [0, 0.1) is 6.92 Å². The van der Waals surface area contributed by atoms with Gasteiger partial charge in [0.15, 0.2) is 0 Å². The molecule has 0 unspecified atom stereocenters. The van der Waals surface area contributed by atoms with Crippen LogP contribution in [0.2, 0.25) is 0 Å². The number of nitrogens with one attached hydrogen (secondary N) is 1. The van der Waals surface area contributed by atoms with Crippen LogP contribution in [0.1, 0.15) is 27.3 Å². The Bertz CT molecular complexity index is 1210. The molecule has 9 heteroatoms. The zero-order valence-electron chi connectivity index (χ0n) is 18.1. The number of ether oxygens (including phenoxy) is 1. The van der Waals surface area contributed by atoms with Gasteiger partial charge in [0.25, 0.3) is 5.91 Å². The van der Waals surface area contributed by atoms with E-state index in [4.69, 9.17) is 4.74 Å². The van der Waals surface area contributed by atoms with Crippen LogP contribution in [0.4, 0.5) is 0 Å². The van der Waals surface area contributed by atoms with Gasteiger partial charge >= 0.3 is 5.69 Å².